The molecule has 0 saturated carbocycles. The van der Waals surface area contributed by atoms with Crippen LogP contribution in [0.25, 0.3) is 0 Å². The molecule has 0 aliphatic heterocycles. The van der Waals surface area contributed by atoms with Gasteiger partial charge in [-0.3, -0.25) is 0 Å². The van der Waals surface area contributed by atoms with E-state index in [2.05, 4.69) is 0 Å². The average Bonchev–Trinajstić information content (AvgIpc) is 0. The van der Waals surface area contributed by atoms with E-state index in [9.17, 15) is 0 Å². The molecule has 0 aliphatic carbocycles. The zero-order chi connectivity index (χ0) is 0. The summed E-state index contributed by atoms with van der Waals surface area (Å²) in [5, 5.41) is 0. The molecule has 2 heteroatoms. The van der Waals surface area contributed by atoms with Crippen molar-refractivity contribution in [2.45, 2.75) is 14.9 Å². The Hall–Kier alpha value is 0.454. The van der Waals surface area contributed by atoms with Gasteiger partial charge in [0, 0.05) is 16.5 Å². The van der Waals surface area contributed by atoms with Crippen LogP contribution in [0.15, 0.2) is 0 Å². The van der Waals surface area contributed by atoms with Gasteiger partial charge in [0.25, 0.3) is 0 Å². The molecule has 0 radical (unpaired) electrons. The van der Waals surface area contributed by atoms with Gasteiger partial charge >= 0.3 is 0 Å². The van der Waals surface area contributed by atoms with Crippen LogP contribution in [0.4, 0.5) is 0 Å². The van der Waals surface area contributed by atoms with Crippen molar-refractivity contribution < 1.29 is 16.5 Å². The molecule has 0 aromatic carbocycles. The van der Waals surface area contributed by atoms with Crippen molar-refractivity contribution in [3.63, 3.8) is 0 Å². The quantitative estimate of drug-likeness (QED) is 0.468. The summed E-state index contributed by atoms with van der Waals surface area (Å²) >= 11 is 0. The Morgan fingerprint density at radius 1 is 0.750 bits per heavy atom. The molecule has 0 atom stereocenters. The second-order valence-corrected chi connectivity index (χ2v) is 0. The predicted molar refractivity (Wildman–Crippen MR) is 18.5 cm³/mol. The van der Waals surface area contributed by atoms with Gasteiger partial charge in [0.1, 0.15) is 0 Å². The summed E-state index contributed by atoms with van der Waals surface area (Å²) in [7, 11) is 0. The van der Waals surface area contributed by atoms with E-state index in [-0.39, 0.29) is 37.5 Å². The summed E-state index contributed by atoms with van der Waals surface area (Å²) in [4.78, 5) is 0. The van der Waals surface area contributed by atoms with Crippen LogP contribution in [-0.4, -0.2) is 0 Å². The Morgan fingerprint density at radius 3 is 0.750 bits per heavy atom. The minimum atomic E-state index is 0. The Kier molecular flexibility index (Phi) is 6530. The standard InChI is InChI=1S/2CH4.H3N.Ni/h2*1H4;1H3;. The van der Waals surface area contributed by atoms with Crippen molar-refractivity contribution in [2.75, 3.05) is 0 Å². The van der Waals surface area contributed by atoms with Crippen molar-refractivity contribution >= 4 is 0 Å². The third-order valence-corrected chi connectivity index (χ3v) is 0. The largest absolute Gasteiger partial charge is 0.344 e. The van der Waals surface area contributed by atoms with Crippen LogP contribution in [0.2, 0.25) is 0 Å². The Labute approximate surface area is 38.3 Å². The molecule has 0 saturated heterocycles. The molecular formula is C2H11NNi. The molecular weight excluding hydrogens is 96.7 g/mol. The molecule has 0 bridgehead atoms. The zero-order valence-corrected chi connectivity index (χ0v) is 2.01. The molecule has 0 rings (SSSR count). The summed E-state index contributed by atoms with van der Waals surface area (Å²) in [5.41, 5.74) is 0. The van der Waals surface area contributed by atoms with Crippen molar-refractivity contribution in [3.05, 3.63) is 0 Å². The van der Waals surface area contributed by atoms with Gasteiger partial charge < -0.3 is 6.15 Å². The first-order valence-electron chi connectivity index (χ1n) is 0. The van der Waals surface area contributed by atoms with Crippen molar-refractivity contribution in [3.8, 4) is 0 Å². The fourth-order valence-corrected chi connectivity index (χ4v) is 0. The topological polar surface area (TPSA) is 35.0 Å². The summed E-state index contributed by atoms with van der Waals surface area (Å²) in [6, 6.07) is 0. The van der Waals surface area contributed by atoms with E-state index in [1.807, 2.05) is 0 Å². The van der Waals surface area contributed by atoms with E-state index in [1.54, 1.807) is 0 Å². The van der Waals surface area contributed by atoms with Gasteiger partial charge in [-0.15, -0.1) is 0 Å². The molecule has 4 heavy (non-hydrogen) atoms. The van der Waals surface area contributed by atoms with Gasteiger partial charge in [0.05, 0.1) is 0 Å². The molecule has 34 valence electrons. The maximum atomic E-state index is 0. The minimum Gasteiger partial charge on any atom is -0.344 e. The van der Waals surface area contributed by atoms with Crippen molar-refractivity contribution in [1.82, 2.24) is 6.15 Å². The summed E-state index contributed by atoms with van der Waals surface area (Å²) in [6.07, 6.45) is 0. The Morgan fingerprint density at radius 2 is 0.750 bits per heavy atom. The maximum absolute atomic E-state index is 0. The molecule has 0 unspecified atom stereocenters. The zero-order valence-electron chi connectivity index (χ0n) is 1.02. The second kappa shape index (κ2) is 101. The van der Waals surface area contributed by atoms with Crippen LogP contribution in [0.1, 0.15) is 14.9 Å². The maximum Gasteiger partial charge on any atom is 0 e. The molecule has 0 aliphatic rings. The third kappa shape index (κ3) is 25.2. The van der Waals surface area contributed by atoms with Crippen molar-refractivity contribution in [2.24, 2.45) is 0 Å². The average molecular weight is 108 g/mol. The van der Waals surface area contributed by atoms with Crippen LogP contribution in [-0.2, 0) is 16.5 Å². The van der Waals surface area contributed by atoms with Crippen molar-refractivity contribution in [1.29, 1.82) is 0 Å². The molecule has 0 amide bonds. The molecule has 0 spiro atoms. The molecule has 3 N–H and O–H groups in total. The van der Waals surface area contributed by atoms with Crippen LogP contribution in [0.5, 0.6) is 0 Å². The molecule has 0 aromatic heterocycles. The summed E-state index contributed by atoms with van der Waals surface area (Å²) in [6.45, 7) is 0. The minimum absolute atomic E-state index is 0. The Bertz CT molecular complexity index is 6.00. The molecule has 0 aromatic rings. The molecule has 0 fully saturated rings. The van der Waals surface area contributed by atoms with Crippen LogP contribution in [0, 0.1) is 0 Å². The molecule has 1 nitrogen and oxygen atoms in total. The third-order valence-electron chi connectivity index (χ3n) is 0. The fourth-order valence-electron chi connectivity index (χ4n) is 0. The SMILES string of the molecule is C.C.N.[Ni]. The summed E-state index contributed by atoms with van der Waals surface area (Å²) < 4.78 is 0. The molecule has 0 heterocycles. The first-order chi connectivity index (χ1) is 0. The van der Waals surface area contributed by atoms with Gasteiger partial charge in [-0.1, -0.05) is 14.9 Å². The number of hydrogen-bond donors (Lipinski definition) is 1. The fraction of sp³-hybridized carbons (Fsp3) is 1.00. The first kappa shape index (κ1) is 258. The number of rotatable bonds is 0. The smallest absolute Gasteiger partial charge is 0 e. The first-order valence-corrected chi connectivity index (χ1v) is 0. The van der Waals surface area contributed by atoms with Gasteiger partial charge in [-0.25, -0.2) is 0 Å². The van der Waals surface area contributed by atoms with E-state index in [1.165, 1.54) is 0 Å². The second-order valence-electron chi connectivity index (χ2n) is 0. The van der Waals surface area contributed by atoms with Crippen LogP contribution < -0.4 is 6.15 Å². The number of hydrogen-bond acceptors (Lipinski definition) is 1. The van der Waals surface area contributed by atoms with E-state index in [0.717, 1.165) is 0 Å². The monoisotopic (exact) mass is 107 g/mol. The van der Waals surface area contributed by atoms with E-state index in [4.69, 9.17) is 0 Å². The summed E-state index contributed by atoms with van der Waals surface area (Å²) in [5.74, 6) is 0. The predicted octanol–water partition coefficient (Wildman–Crippen LogP) is 1.43. The van der Waals surface area contributed by atoms with Gasteiger partial charge in [-0.05, 0) is 0 Å². The van der Waals surface area contributed by atoms with Gasteiger partial charge in [-0.2, -0.15) is 0 Å². The van der Waals surface area contributed by atoms with Gasteiger partial charge in [0.2, 0.25) is 0 Å². The van der Waals surface area contributed by atoms with E-state index >= 15 is 0 Å². The van der Waals surface area contributed by atoms with E-state index < -0.39 is 0 Å². The van der Waals surface area contributed by atoms with E-state index in [0.29, 0.717) is 0 Å². The van der Waals surface area contributed by atoms with Gasteiger partial charge in [0.15, 0.2) is 0 Å². The normalized spacial score (nSPS) is 0. The van der Waals surface area contributed by atoms with Crippen LogP contribution >= 0.6 is 0 Å². The van der Waals surface area contributed by atoms with Crippen LogP contribution in [0.3, 0.4) is 0 Å². The Balaban J connectivity index is 0.